The Morgan fingerprint density at radius 1 is 1.50 bits per heavy atom. The van der Waals surface area contributed by atoms with E-state index in [9.17, 15) is 4.39 Å². The molecule has 0 unspecified atom stereocenters. The number of nitrogen functional groups attached to an aromatic ring is 1. The van der Waals surface area contributed by atoms with Gasteiger partial charge in [-0.05, 0) is 24.1 Å². The van der Waals surface area contributed by atoms with E-state index in [1.165, 1.54) is 12.1 Å². The zero-order valence-corrected chi connectivity index (χ0v) is 9.92. The van der Waals surface area contributed by atoms with Gasteiger partial charge in [0.15, 0.2) is 0 Å². The molecular formula is C12H18FN3. The molecule has 3 N–H and O–H groups in total. The van der Waals surface area contributed by atoms with Gasteiger partial charge < -0.3 is 10.6 Å². The number of hydrogen-bond donors (Lipinski definition) is 2. The number of nitrogens with one attached hydrogen (secondary N) is 1. The molecule has 0 bridgehead atoms. The summed E-state index contributed by atoms with van der Waals surface area (Å²) < 4.78 is 13.1. The highest BCUT2D eigenvalue weighted by molar-refractivity contribution is 6.00. The Labute approximate surface area is 95.6 Å². The maximum Gasteiger partial charge on any atom is 0.125 e. The predicted octanol–water partition coefficient (Wildman–Crippen LogP) is 2.20. The van der Waals surface area contributed by atoms with Crippen LogP contribution in [-0.4, -0.2) is 19.4 Å². The summed E-state index contributed by atoms with van der Waals surface area (Å²) in [6, 6.07) is 4.35. The third-order valence-electron chi connectivity index (χ3n) is 2.30. The van der Waals surface area contributed by atoms with Crippen LogP contribution in [0.1, 0.15) is 19.4 Å². The van der Waals surface area contributed by atoms with Crippen LogP contribution in [0.4, 0.5) is 10.1 Å². The van der Waals surface area contributed by atoms with Crippen molar-refractivity contribution >= 4 is 11.5 Å². The lowest BCUT2D eigenvalue weighted by Gasteiger charge is -2.23. The average molecular weight is 223 g/mol. The zero-order valence-electron chi connectivity index (χ0n) is 9.92. The first-order valence-corrected chi connectivity index (χ1v) is 5.27. The van der Waals surface area contributed by atoms with Crippen LogP contribution in [0, 0.1) is 17.1 Å². The first-order chi connectivity index (χ1) is 7.41. The summed E-state index contributed by atoms with van der Waals surface area (Å²) in [5, 5.41) is 7.43. The molecule has 0 aliphatic heterocycles. The molecule has 0 aliphatic rings. The van der Waals surface area contributed by atoms with Crippen molar-refractivity contribution in [3.63, 3.8) is 0 Å². The van der Waals surface area contributed by atoms with Crippen LogP contribution in [0.5, 0.6) is 0 Å². The molecule has 0 heterocycles. The van der Waals surface area contributed by atoms with Crippen molar-refractivity contribution in [1.82, 2.24) is 0 Å². The fraction of sp³-hybridized carbons (Fsp3) is 0.417. The molecule has 88 valence electrons. The van der Waals surface area contributed by atoms with Gasteiger partial charge in [-0.1, -0.05) is 13.8 Å². The van der Waals surface area contributed by atoms with Crippen molar-refractivity contribution in [2.45, 2.75) is 13.8 Å². The van der Waals surface area contributed by atoms with Crippen LogP contribution >= 0.6 is 0 Å². The molecule has 0 atom stereocenters. The normalized spacial score (nSPS) is 10.6. The Morgan fingerprint density at radius 2 is 2.12 bits per heavy atom. The molecule has 0 amide bonds. The van der Waals surface area contributed by atoms with Crippen LogP contribution in [-0.2, 0) is 0 Å². The second-order valence-corrected chi connectivity index (χ2v) is 4.35. The van der Waals surface area contributed by atoms with E-state index >= 15 is 0 Å². The predicted molar refractivity (Wildman–Crippen MR) is 65.5 cm³/mol. The van der Waals surface area contributed by atoms with E-state index in [4.69, 9.17) is 11.1 Å². The summed E-state index contributed by atoms with van der Waals surface area (Å²) in [5.74, 6) is 0.0202. The van der Waals surface area contributed by atoms with Gasteiger partial charge in [-0.3, -0.25) is 5.41 Å². The van der Waals surface area contributed by atoms with Crippen LogP contribution in [0.3, 0.4) is 0 Å². The van der Waals surface area contributed by atoms with E-state index in [1.807, 2.05) is 11.9 Å². The molecule has 4 heteroatoms. The fourth-order valence-corrected chi connectivity index (χ4v) is 1.70. The smallest absolute Gasteiger partial charge is 0.125 e. The van der Waals surface area contributed by atoms with Gasteiger partial charge in [0.25, 0.3) is 0 Å². The van der Waals surface area contributed by atoms with E-state index < -0.39 is 0 Å². The van der Waals surface area contributed by atoms with Crippen LogP contribution in [0.15, 0.2) is 18.2 Å². The minimum Gasteiger partial charge on any atom is -0.384 e. The lowest BCUT2D eigenvalue weighted by molar-refractivity contribution is 0.623. The fourth-order valence-electron chi connectivity index (χ4n) is 1.70. The van der Waals surface area contributed by atoms with Gasteiger partial charge in [0.2, 0.25) is 0 Å². The Morgan fingerprint density at radius 3 is 2.62 bits per heavy atom. The number of benzene rings is 1. The summed E-state index contributed by atoms with van der Waals surface area (Å²) in [4.78, 5) is 1.99. The topological polar surface area (TPSA) is 53.1 Å². The molecule has 1 aromatic rings. The first-order valence-electron chi connectivity index (χ1n) is 5.27. The molecule has 3 nitrogen and oxygen atoms in total. The van der Waals surface area contributed by atoms with Crippen molar-refractivity contribution in [3.05, 3.63) is 29.6 Å². The van der Waals surface area contributed by atoms with Crippen LogP contribution in [0.25, 0.3) is 0 Å². The molecule has 0 saturated carbocycles. The highest BCUT2D eigenvalue weighted by Gasteiger charge is 2.11. The van der Waals surface area contributed by atoms with Crippen LogP contribution < -0.4 is 10.6 Å². The second-order valence-electron chi connectivity index (χ2n) is 4.35. The third-order valence-corrected chi connectivity index (χ3v) is 2.30. The zero-order chi connectivity index (χ0) is 12.3. The summed E-state index contributed by atoms with van der Waals surface area (Å²) in [5.41, 5.74) is 6.68. The molecule has 0 fully saturated rings. The second kappa shape index (κ2) is 4.96. The Bertz CT molecular complexity index is 388. The minimum absolute atomic E-state index is 0.106. The number of anilines is 1. The molecule has 0 aromatic heterocycles. The maximum atomic E-state index is 13.1. The largest absolute Gasteiger partial charge is 0.384 e. The first kappa shape index (κ1) is 12.5. The molecule has 0 aliphatic carbocycles. The number of halogens is 1. The van der Waals surface area contributed by atoms with E-state index in [-0.39, 0.29) is 11.7 Å². The van der Waals surface area contributed by atoms with Gasteiger partial charge in [0.05, 0.1) is 0 Å². The van der Waals surface area contributed by atoms with Crippen molar-refractivity contribution in [3.8, 4) is 0 Å². The van der Waals surface area contributed by atoms with Gasteiger partial charge in [0.1, 0.15) is 11.7 Å². The summed E-state index contributed by atoms with van der Waals surface area (Å²) in [6.07, 6.45) is 0. The number of rotatable bonds is 4. The maximum absolute atomic E-state index is 13.1. The van der Waals surface area contributed by atoms with Crippen molar-refractivity contribution in [2.75, 3.05) is 18.5 Å². The van der Waals surface area contributed by atoms with Gasteiger partial charge in [-0.2, -0.15) is 0 Å². The van der Waals surface area contributed by atoms with E-state index in [0.717, 1.165) is 12.2 Å². The monoisotopic (exact) mass is 223 g/mol. The van der Waals surface area contributed by atoms with Gasteiger partial charge >= 0.3 is 0 Å². The quantitative estimate of drug-likeness (QED) is 0.607. The molecule has 0 spiro atoms. The molecule has 0 saturated heterocycles. The third kappa shape index (κ3) is 2.95. The molecule has 1 rings (SSSR count). The van der Waals surface area contributed by atoms with E-state index in [1.54, 1.807) is 6.07 Å². The van der Waals surface area contributed by atoms with Gasteiger partial charge in [-0.15, -0.1) is 0 Å². The molecule has 1 aromatic carbocycles. The lowest BCUT2D eigenvalue weighted by atomic mass is 10.1. The molecule has 16 heavy (non-hydrogen) atoms. The summed E-state index contributed by atoms with van der Waals surface area (Å²) in [7, 11) is 1.92. The standard InChI is InChI=1S/C12H18FN3/c1-8(2)7-16(3)11-5-4-9(13)6-10(11)12(14)15/h4-6,8H,7H2,1-3H3,(H3,14,15). The SMILES string of the molecule is CC(C)CN(C)c1ccc(F)cc1C(=N)N. The molecular weight excluding hydrogens is 205 g/mol. The lowest BCUT2D eigenvalue weighted by Crippen LogP contribution is -2.26. The number of nitrogens with zero attached hydrogens (tertiary/aromatic N) is 1. The Balaban J connectivity index is 3.07. The van der Waals surface area contributed by atoms with Gasteiger partial charge in [-0.25, -0.2) is 4.39 Å². The number of nitrogens with two attached hydrogens (primary N) is 1. The van der Waals surface area contributed by atoms with Crippen molar-refractivity contribution in [1.29, 1.82) is 5.41 Å². The number of amidine groups is 1. The van der Waals surface area contributed by atoms with Crippen molar-refractivity contribution in [2.24, 2.45) is 11.7 Å². The van der Waals surface area contributed by atoms with Gasteiger partial charge in [0, 0.05) is 24.8 Å². The Hall–Kier alpha value is -1.58. The van der Waals surface area contributed by atoms with Crippen LogP contribution in [0.2, 0.25) is 0 Å². The highest BCUT2D eigenvalue weighted by Crippen LogP contribution is 2.21. The highest BCUT2D eigenvalue weighted by atomic mass is 19.1. The average Bonchev–Trinajstić information content (AvgIpc) is 2.16. The summed E-state index contributed by atoms with van der Waals surface area (Å²) in [6.45, 7) is 5.05. The minimum atomic E-state index is -0.369. The molecule has 0 radical (unpaired) electrons. The Kier molecular flexibility index (Phi) is 3.88. The number of hydrogen-bond acceptors (Lipinski definition) is 2. The van der Waals surface area contributed by atoms with E-state index in [2.05, 4.69) is 13.8 Å². The summed E-state index contributed by atoms with van der Waals surface area (Å²) >= 11 is 0. The van der Waals surface area contributed by atoms with Crippen molar-refractivity contribution < 1.29 is 4.39 Å². The van der Waals surface area contributed by atoms with E-state index in [0.29, 0.717) is 11.5 Å².